The molecule has 7 nitrogen and oxygen atoms in total. The monoisotopic (exact) mass is 282 g/mol. The van der Waals surface area contributed by atoms with Gasteiger partial charge in [-0.15, -0.1) is 0 Å². The second-order valence-electron chi connectivity index (χ2n) is 4.91. The Morgan fingerprint density at radius 1 is 1.40 bits per heavy atom. The molecule has 1 rings (SSSR count). The smallest absolute Gasteiger partial charge is 0.315 e. The van der Waals surface area contributed by atoms with Gasteiger partial charge in [-0.1, -0.05) is 6.92 Å². The Bertz CT molecular complexity index is 419. The lowest BCUT2D eigenvalue weighted by Gasteiger charge is -2.15. The second kappa shape index (κ2) is 8.19. The highest BCUT2D eigenvalue weighted by Gasteiger charge is 2.11. The number of urea groups is 1. The van der Waals surface area contributed by atoms with E-state index in [1.54, 1.807) is 17.8 Å². The number of aliphatic carboxylic acids is 1. The van der Waals surface area contributed by atoms with E-state index in [0.717, 1.165) is 0 Å². The van der Waals surface area contributed by atoms with Crippen LogP contribution in [-0.2, 0) is 11.3 Å². The molecule has 0 saturated heterocycles. The van der Waals surface area contributed by atoms with Crippen LogP contribution in [0.1, 0.15) is 26.7 Å². The molecule has 0 aromatic carbocycles. The highest BCUT2D eigenvalue weighted by molar-refractivity contribution is 5.74. The van der Waals surface area contributed by atoms with E-state index in [2.05, 4.69) is 15.7 Å². The van der Waals surface area contributed by atoms with Gasteiger partial charge in [-0.3, -0.25) is 9.48 Å². The number of hydrogen-bond acceptors (Lipinski definition) is 3. The van der Waals surface area contributed by atoms with Crippen LogP contribution in [0.3, 0.4) is 0 Å². The molecule has 2 atom stereocenters. The Labute approximate surface area is 118 Å². The summed E-state index contributed by atoms with van der Waals surface area (Å²) in [4.78, 5) is 22.2. The molecule has 0 aliphatic carbocycles. The van der Waals surface area contributed by atoms with Gasteiger partial charge in [0.15, 0.2) is 0 Å². The van der Waals surface area contributed by atoms with Crippen molar-refractivity contribution < 1.29 is 14.7 Å². The third kappa shape index (κ3) is 6.21. The number of aromatic nitrogens is 2. The van der Waals surface area contributed by atoms with E-state index in [9.17, 15) is 9.59 Å². The number of rotatable bonds is 8. The normalized spacial score (nSPS) is 13.5. The summed E-state index contributed by atoms with van der Waals surface area (Å²) in [7, 11) is 0. The van der Waals surface area contributed by atoms with Gasteiger partial charge >= 0.3 is 12.0 Å². The van der Waals surface area contributed by atoms with Crippen molar-refractivity contribution in [3.8, 4) is 0 Å². The van der Waals surface area contributed by atoms with E-state index in [1.165, 1.54) is 0 Å². The maximum atomic E-state index is 11.6. The Balaban J connectivity index is 2.12. The minimum absolute atomic E-state index is 0.0344. The Kier molecular flexibility index (Phi) is 6.55. The Hall–Kier alpha value is -2.05. The zero-order valence-corrected chi connectivity index (χ0v) is 11.9. The molecule has 0 aliphatic heterocycles. The van der Waals surface area contributed by atoms with E-state index >= 15 is 0 Å². The van der Waals surface area contributed by atoms with E-state index in [0.29, 0.717) is 25.9 Å². The van der Waals surface area contributed by atoms with E-state index in [1.807, 2.05) is 19.2 Å². The van der Waals surface area contributed by atoms with Crippen molar-refractivity contribution in [3.05, 3.63) is 18.5 Å². The second-order valence-corrected chi connectivity index (χ2v) is 4.91. The molecule has 0 aliphatic rings. The van der Waals surface area contributed by atoms with Crippen molar-refractivity contribution in [1.29, 1.82) is 0 Å². The molecule has 0 fully saturated rings. The predicted octanol–water partition coefficient (Wildman–Crippen LogP) is 1.07. The third-order valence-electron chi connectivity index (χ3n) is 2.92. The summed E-state index contributed by atoms with van der Waals surface area (Å²) in [5, 5.41) is 18.3. The molecule has 1 aromatic rings. The molecule has 1 heterocycles. The Morgan fingerprint density at radius 2 is 2.15 bits per heavy atom. The summed E-state index contributed by atoms with van der Waals surface area (Å²) >= 11 is 0. The topological polar surface area (TPSA) is 96.3 Å². The average molecular weight is 282 g/mol. The third-order valence-corrected chi connectivity index (χ3v) is 2.92. The summed E-state index contributed by atoms with van der Waals surface area (Å²) in [5.41, 5.74) is 0. The zero-order valence-electron chi connectivity index (χ0n) is 11.9. The Morgan fingerprint density at radius 3 is 2.75 bits per heavy atom. The van der Waals surface area contributed by atoms with Crippen LogP contribution in [0, 0.1) is 5.92 Å². The molecule has 2 unspecified atom stereocenters. The lowest BCUT2D eigenvalue weighted by atomic mass is 10.1. The molecule has 0 spiro atoms. The van der Waals surface area contributed by atoms with Crippen LogP contribution < -0.4 is 10.6 Å². The van der Waals surface area contributed by atoms with Crippen LogP contribution in [0.5, 0.6) is 0 Å². The molecule has 3 N–H and O–H groups in total. The van der Waals surface area contributed by atoms with Gasteiger partial charge in [0.2, 0.25) is 0 Å². The largest absolute Gasteiger partial charge is 0.481 e. The van der Waals surface area contributed by atoms with Crippen molar-refractivity contribution in [3.63, 3.8) is 0 Å². The van der Waals surface area contributed by atoms with Crippen molar-refractivity contribution >= 4 is 12.0 Å². The van der Waals surface area contributed by atoms with Gasteiger partial charge in [0.1, 0.15) is 0 Å². The van der Waals surface area contributed by atoms with Crippen LogP contribution in [0.15, 0.2) is 18.5 Å². The first-order valence-electron chi connectivity index (χ1n) is 6.73. The molecule has 0 saturated carbocycles. The highest BCUT2D eigenvalue weighted by Crippen LogP contribution is 2.04. The SMILES string of the molecule is CC(Cn1cccn1)NC(=O)NCCCC(C)C(=O)O. The van der Waals surface area contributed by atoms with Crippen LogP contribution >= 0.6 is 0 Å². The van der Waals surface area contributed by atoms with Crippen LogP contribution in [-0.4, -0.2) is 39.5 Å². The number of carbonyl (C=O) groups excluding carboxylic acids is 1. The molecular weight excluding hydrogens is 260 g/mol. The van der Waals surface area contributed by atoms with E-state index in [4.69, 9.17) is 5.11 Å². The fraction of sp³-hybridized carbons (Fsp3) is 0.615. The summed E-state index contributed by atoms with van der Waals surface area (Å²) in [6.07, 6.45) is 4.73. The van der Waals surface area contributed by atoms with E-state index in [-0.39, 0.29) is 18.0 Å². The van der Waals surface area contributed by atoms with Gasteiger partial charge in [-0.25, -0.2) is 4.79 Å². The number of amides is 2. The lowest BCUT2D eigenvalue weighted by Crippen LogP contribution is -2.42. The maximum Gasteiger partial charge on any atom is 0.315 e. The number of nitrogens with one attached hydrogen (secondary N) is 2. The number of nitrogens with zero attached hydrogens (tertiary/aromatic N) is 2. The van der Waals surface area contributed by atoms with Gasteiger partial charge in [-0.05, 0) is 25.8 Å². The van der Waals surface area contributed by atoms with Crippen molar-refractivity contribution in [2.45, 2.75) is 39.3 Å². The van der Waals surface area contributed by atoms with Gasteiger partial charge in [-0.2, -0.15) is 5.10 Å². The summed E-state index contributed by atoms with van der Waals surface area (Å²) < 4.78 is 1.75. The minimum Gasteiger partial charge on any atom is -0.481 e. The predicted molar refractivity (Wildman–Crippen MR) is 74.3 cm³/mol. The highest BCUT2D eigenvalue weighted by atomic mass is 16.4. The van der Waals surface area contributed by atoms with Gasteiger partial charge < -0.3 is 15.7 Å². The molecule has 112 valence electrons. The fourth-order valence-corrected chi connectivity index (χ4v) is 1.74. The standard InChI is InChI=1S/C13H22N4O3/c1-10(12(18)19)5-3-6-14-13(20)16-11(2)9-17-8-4-7-15-17/h4,7-8,10-11H,3,5-6,9H2,1-2H3,(H,18,19)(H2,14,16,20). The molecule has 0 radical (unpaired) electrons. The van der Waals surface area contributed by atoms with Crippen LogP contribution in [0.4, 0.5) is 4.79 Å². The molecule has 7 heteroatoms. The number of carboxylic acid groups (broad SMARTS) is 1. The van der Waals surface area contributed by atoms with Crippen LogP contribution in [0.25, 0.3) is 0 Å². The fourth-order valence-electron chi connectivity index (χ4n) is 1.74. The molecule has 2 amide bonds. The summed E-state index contributed by atoms with van der Waals surface area (Å²) in [6.45, 7) is 4.64. The quantitative estimate of drug-likeness (QED) is 0.621. The average Bonchev–Trinajstić information content (AvgIpc) is 2.86. The molecule has 1 aromatic heterocycles. The van der Waals surface area contributed by atoms with Crippen molar-refractivity contribution in [1.82, 2.24) is 20.4 Å². The van der Waals surface area contributed by atoms with Gasteiger partial charge in [0, 0.05) is 25.0 Å². The lowest BCUT2D eigenvalue weighted by molar-refractivity contribution is -0.141. The minimum atomic E-state index is -0.803. The molecular formula is C13H22N4O3. The first-order chi connectivity index (χ1) is 9.49. The first-order valence-corrected chi connectivity index (χ1v) is 6.73. The van der Waals surface area contributed by atoms with Crippen molar-refractivity contribution in [2.75, 3.05) is 6.54 Å². The van der Waals surface area contributed by atoms with E-state index < -0.39 is 5.97 Å². The zero-order chi connectivity index (χ0) is 15.0. The van der Waals surface area contributed by atoms with Crippen LogP contribution in [0.2, 0.25) is 0 Å². The summed E-state index contributed by atoms with van der Waals surface area (Å²) in [6, 6.07) is 1.55. The molecule has 0 bridgehead atoms. The number of carbonyl (C=O) groups is 2. The van der Waals surface area contributed by atoms with Gasteiger partial charge in [0.05, 0.1) is 12.5 Å². The number of carboxylic acids is 1. The maximum absolute atomic E-state index is 11.6. The first kappa shape index (κ1) is 16.0. The van der Waals surface area contributed by atoms with Crippen molar-refractivity contribution in [2.24, 2.45) is 5.92 Å². The van der Waals surface area contributed by atoms with Gasteiger partial charge in [0.25, 0.3) is 0 Å². The summed E-state index contributed by atoms with van der Waals surface area (Å²) in [5.74, 6) is -1.18. The number of hydrogen-bond donors (Lipinski definition) is 3. The molecule has 20 heavy (non-hydrogen) atoms.